The van der Waals surface area contributed by atoms with Crippen LogP contribution in [0.5, 0.6) is 0 Å². The first-order valence-corrected chi connectivity index (χ1v) is 7.96. The molecular formula is C15H19NO4S. The summed E-state index contributed by atoms with van der Waals surface area (Å²) < 4.78 is 0. The molecule has 1 heterocycles. The van der Waals surface area contributed by atoms with Gasteiger partial charge in [-0.1, -0.05) is 29.8 Å². The number of β-amino-alcohol motifs (C(OH)–C–C–N with tert-alkyl or cyclic N) is 1. The van der Waals surface area contributed by atoms with Crippen molar-refractivity contribution in [2.75, 3.05) is 12.3 Å². The number of benzene rings is 1. The maximum absolute atomic E-state index is 12.1. The lowest BCUT2D eigenvalue weighted by atomic mass is 10.2. The van der Waals surface area contributed by atoms with Crippen LogP contribution in [0.2, 0.25) is 0 Å². The van der Waals surface area contributed by atoms with Crippen LogP contribution in [0.3, 0.4) is 0 Å². The zero-order valence-electron chi connectivity index (χ0n) is 11.9. The summed E-state index contributed by atoms with van der Waals surface area (Å²) in [5.74, 6) is -0.341. The Hall–Kier alpha value is -1.53. The van der Waals surface area contributed by atoms with Gasteiger partial charge in [0.25, 0.3) is 0 Å². The minimum Gasteiger partial charge on any atom is -0.480 e. The normalized spacial score (nSPS) is 21.5. The molecule has 2 atom stereocenters. The van der Waals surface area contributed by atoms with Crippen LogP contribution in [-0.4, -0.2) is 51.4 Å². The fourth-order valence-electron chi connectivity index (χ4n) is 2.46. The Kier molecular flexibility index (Phi) is 5.25. The summed E-state index contributed by atoms with van der Waals surface area (Å²) in [5.41, 5.74) is 2.32. The van der Waals surface area contributed by atoms with Gasteiger partial charge in [0.05, 0.1) is 11.9 Å². The maximum Gasteiger partial charge on any atom is 0.326 e. The molecule has 0 radical (unpaired) electrons. The summed E-state index contributed by atoms with van der Waals surface area (Å²) >= 11 is 1.46. The third kappa shape index (κ3) is 4.22. The number of rotatable bonds is 5. The number of carbonyl (C=O) groups excluding carboxylic acids is 1. The molecule has 2 rings (SSSR count). The molecule has 1 aliphatic heterocycles. The molecule has 1 amide bonds. The van der Waals surface area contributed by atoms with Gasteiger partial charge in [-0.05, 0) is 12.5 Å². The van der Waals surface area contributed by atoms with Gasteiger partial charge in [-0.15, -0.1) is 11.8 Å². The number of hydrogen-bond donors (Lipinski definition) is 2. The predicted molar refractivity (Wildman–Crippen MR) is 81.1 cm³/mol. The lowest BCUT2D eigenvalue weighted by Crippen LogP contribution is -2.41. The highest BCUT2D eigenvalue weighted by Crippen LogP contribution is 2.21. The van der Waals surface area contributed by atoms with E-state index in [1.54, 1.807) is 0 Å². The summed E-state index contributed by atoms with van der Waals surface area (Å²) in [6.45, 7) is 2.13. The van der Waals surface area contributed by atoms with E-state index in [0.29, 0.717) is 5.75 Å². The average molecular weight is 309 g/mol. The second-order valence-electron chi connectivity index (χ2n) is 5.27. The number of aliphatic hydroxyl groups excluding tert-OH is 1. The molecule has 1 aliphatic rings. The van der Waals surface area contributed by atoms with Crippen LogP contribution in [0.4, 0.5) is 0 Å². The molecule has 1 saturated heterocycles. The van der Waals surface area contributed by atoms with Crippen LogP contribution >= 0.6 is 11.8 Å². The van der Waals surface area contributed by atoms with Crippen LogP contribution in [0.15, 0.2) is 24.3 Å². The van der Waals surface area contributed by atoms with E-state index in [0.717, 1.165) is 5.56 Å². The average Bonchev–Trinajstić information content (AvgIpc) is 2.81. The molecule has 1 fully saturated rings. The van der Waals surface area contributed by atoms with E-state index in [1.165, 1.54) is 22.2 Å². The van der Waals surface area contributed by atoms with E-state index in [4.69, 9.17) is 5.11 Å². The third-order valence-corrected chi connectivity index (χ3v) is 4.45. The Morgan fingerprint density at radius 1 is 1.43 bits per heavy atom. The summed E-state index contributed by atoms with van der Waals surface area (Å²) in [6.07, 6.45) is -0.624. The van der Waals surface area contributed by atoms with Gasteiger partial charge in [0.2, 0.25) is 5.91 Å². The molecule has 0 saturated carbocycles. The van der Waals surface area contributed by atoms with Gasteiger partial charge in [-0.25, -0.2) is 4.79 Å². The minimum absolute atomic E-state index is 0.112. The Bertz CT molecular complexity index is 534. The van der Waals surface area contributed by atoms with Crippen LogP contribution in [-0.2, 0) is 15.3 Å². The number of thioether (sulfide) groups is 1. The standard InChI is InChI=1S/C15H19NO4S/c1-10-3-2-4-11(5-10)8-21-9-14(18)16-7-12(17)6-13(16)15(19)20/h2-5,12-13,17H,6-9H2,1H3,(H,19,20)/t12-,13-/m0/s1. The zero-order chi connectivity index (χ0) is 15.4. The van der Waals surface area contributed by atoms with Crippen molar-refractivity contribution in [2.24, 2.45) is 0 Å². The van der Waals surface area contributed by atoms with E-state index >= 15 is 0 Å². The van der Waals surface area contributed by atoms with E-state index in [9.17, 15) is 14.7 Å². The van der Waals surface area contributed by atoms with Gasteiger partial charge in [0, 0.05) is 18.7 Å². The molecular weight excluding hydrogens is 290 g/mol. The van der Waals surface area contributed by atoms with Crippen molar-refractivity contribution < 1.29 is 19.8 Å². The van der Waals surface area contributed by atoms with Gasteiger partial charge in [-0.2, -0.15) is 0 Å². The van der Waals surface area contributed by atoms with Crippen LogP contribution < -0.4 is 0 Å². The molecule has 5 nitrogen and oxygen atoms in total. The van der Waals surface area contributed by atoms with Crippen LogP contribution in [0.1, 0.15) is 17.5 Å². The SMILES string of the molecule is Cc1cccc(CSCC(=O)N2C[C@@H](O)C[C@H]2C(=O)O)c1. The quantitative estimate of drug-likeness (QED) is 0.856. The number of aryl methyl sites for hydroxylation is 1. The van der Waals surface area contributed by atoms with Crippen molar-refractivity contribution >= 4 is 23.6 Å². The minimum atomic E-state index is -1.05. The summed E-state index contributed by atoms with van der Waals surface area (Å²) in [6, 6.07) is 7.17. The van der Waals surface area contributed by atoms with Crippen LogP contribution in [0, 0.1) is 6.92 Å². The van der Waals surface area contributed by atoms with E-state index in [1.807, 2.05) is 25.1 Å². The smallest absolute Gasteiger partial charge is 0.326 e. The predicted octanol–water partition coefficient (Wildman–Crippen LogP) is 1.27. The highest BCUT2D eigenvalue weighted by molar-refractivity contribution is 7.99. The highest BCUT2D eigenvalue weighted by atomic mass is 32.2. The van der Waals surface area contributed by atoms with Crippen molar-refractivity contribution in [3.63, 3.8) is 0 Å². The Balaban J connectivity index is 1.85. The van der Waals surface area contributed by atoms with Crippen molar-refractivity contribution in [2.45, 2.75) is 31.2 Å². The molecule has 0 unspecified atom stereocenters. The van der Waals surface area contributed by atoms with E-state index in [2.05, 4.69) is 6.07 Å². The van der Waals surface area contributed by atoms with Crippen molar-refractivity contribution in [3.05, 3.63) is 35.4 Å². The van der Waals surface area contributed by atoms with Gasteiger partial charge in [-0.3, -0.25) is 4.79 Å². The van der Waals surface area contributed by atoms with Crippen LogP contribution in [0.25, 0.3) is 0 Å². The van der Waals surface area contributed by atoms with E-state index < -0.39 is 18.1 Å². The molecule has 1 aromatic carbocycles. The Morgan fingerprint density at radius 2 is 2.19 bits per heavy atom. The second-order valence-corrected chi connectivity index (χ2v) is 6.26. The number of carbonyl (C=O) groups is 2. The summed E-state index contributed by atoms with van der Waals surface area (Å²) in [7, 11) is 0. The number of aliphatic carboxylic acids is 1. The molecule has 6 heteroatoms. The summed E-state index contributed by atoms with van der Waals surface area (Å²) in [5, 5.41) is 18.6. The van der Waals surface area contributed by atoms with Crippen molar-refractivity contribution in [3.8, 4) is 0 Å². The largest absolute Gasteiger partial charge is 0.480 e. The molecule has 0 spiro atoms. The fraction of sp³-hybridized carbons (Fsp3) is 0.467. The van der Waals surface area contributed by atoms with Gasteiger partial charge in [0.1, 0.15) is 6.04 Å². The van der Waals surface area contributed by atoms with E-state index in [-0.39, 0.29) is 24.6 Å². The maximum atomic E-state index is 12.1. The van der Waals surface area contributed by atoms with Gasteiger partial charge < -0.3 is 15.1 Å². The van der Waals surface area contributed by atoms with Gasteiger partial charge >= 0.3 is 5.97 Å². The highest BCUT2D eigenvalue weighted by Gasteiger charge is 2.38. The zero-order valence-corrected chi connectivity index (χ0v) is 12.7. The number of carboxylic acid groups (broad SMARTS) is 1. The Morgan fingerprint density at radius 3 is 2.86 bits per heavy atom. The van der Waals surface area contributed by atoms with Gasteiger partial charge in [0.15, 0.2) is 0 Å². The number of likely N-dealkylation sites (tertiary alicyclic amines) is 1. The molecule has 0 aliphatic carbocycles. The summed E-state index contributed by atoms with van der Waals surface area (Å²) in [4.78, 5) is 24.5. The number of amides is 1. The first-order valence-electron chi connectivity index (χ1n) is 6.81. The lowest BCUT2D eigenvalue weighted by Gasteiger charge is -2.20. The lowest BCUT2D eigenvalue weighted by molar-refractivity contribution is -0.147. The number of hydrogen-bond acceptors (Lipinski definition) is 4. The Labute approximate surface area is 128 Å². The fourth-order valence-corrected chi connectivity index (χ4v) is 3.32. The molecule has 2 N–H and O–H groups in total. The number of carboxylic acids is 1. The molecule has 114 valence electrons. The first kappa shape index (κ1) is 15.9. The molecule has 21 heavy (non-hydrogen) atoms. The molecule has 1 aromatic rings. The number of aliphatic hydroxyl groups is 1. The monoisotopic (exact) mass is 309 g/mol. The second kappa shape index (κ2) is 6.95. The first-order chi connectivity index (χ1) is 9.97. The number of nitrogens with zero attached hydrogens (tertiary/aromatic N) is 1. The van der Waals surface area contributed by atoms with Crippen molar-refractivity contribution in [1.29, 1.82) is 0 Å². The molecule has 0 bridgehead atoms. The third-order valence-electron chi connectivity index (χ3n) is 3.46. The topological polar surface area (TPSA) is 77.8 Å². The molecule has 0 aromatic heterocycles. The van der Waals surface area contributed by atoms with Crippen molar-refractivity contribution in [1.82, 2.24) is 4.90 Å².